The van der Waals surface area contributed by atoms with E-state index < -0.39 is 17.0 Å². The third-order valence-electron chi connectivity index (χ3n) is 3.83. The van der Waals surface area contributed by atoms with Gasteiger partial charge < -0.3 is 4.74 Å². The van der Waals surface area contributed by atoms with Crippen molar-refractivity contribution in [1.82, 2.24) is 0 Å². The summed E-state index contributed by atoms with van der Waals surface area (Å²) in [6.45, 7) is 5.25. The second kappa shape index (κ2) is 7.44. The van der Waals surface area contributed by atoms with Gasteiger partial charge in [0.25, 0.3) is 5.69 Å². The maximum absolute atomic E-state index is 12.4. The van der Waals surface area contributed by atoms with E-state index in [2.05, 4.69) is 0 Å². The van der Waals surface area contributed by atoms with Crippen LogP contribution in [0.5, 0.6) is 0 Å². The highest BCUT2D eigenvalue weighted by Crippen LogP contribution is 2.23. The van der Waals surface area contributed by atoms with Gasteiger partial charge in [-0.05, 0) is 44.0 Å². The summed E-state index contributed by atoms with van der Waals surface area (Å²) in [4.78, 5) is 34.8. The lowest BCUT2D eigenvalue weighted by Crippen LogP contribution is -2.24. The van der Waals surface area contributed by atoms with Crippen LogP contribution in [0, 0.1) is 24.0 Å². The zero-order valence-electron chi connectivity index (χ0n) is 13.9. The van der Waals surface area contributed by atoms with E-state index in [0.29, 0.717) is 5.56 Å². The zero-order chi connectivity index (χ0) is 18.7. The van der Waals surface area contributed by atoms with E-state index >= 15 is 0 Å². The number of hydrogen-bond donors (Lipinski definition) is 0. The molecule has 7 heteroatoms. The largest absolute Gasteiger partial charge is 0.451 e. The Morgan fingerprint density at radius 2 is 1.80 bits per heavy atom. The van der Waals surface area contributed by atoms with Gasteiger partial charge in [-0.15, -0.1) is 0 Å². The first-order valence-electron chi connectivity index (χ1n) is 7.47. The number of Topliss-reactive ketones (excluding diaryl/α,β-unsaturated/α-hetero) is 1. The maximum Gasteiger partial charge on any atom is 0.340 e. The summed E-state index contributed by atoms with van der Waals surface area (Å²) in [7, 11) is 0. The lowest BCUT2D eigenvalue weighted by Gasteiger charge is -2.13. The molecule has 0 N–H and O–H groups in total. The number of rotatable bonds is 5. The second-order valence-corrected chi connectivity index (χ2v) is 6.04. The van der Waals surface area contributed by atoms with Gasteiger partial charge in [0.15, 0.2) is 6.10 Å². The van der Waals surface area contributed by atoms with Crippen molar-refractivity contribution in [2.24, 2.45) is 0 Å². The van der Waals surface area contributed by atoms with Gasteiger partial charge in [0.1, 0.15) is 0 Å². The Morgan fingerprint density at radius 3 is 2.40 bits per heavy atom. The van der Waals surface area contributed by atoms with Crippen molar-refractivity contribution in [2.45, 2.75) is 26.9 Å². The first-order valence-corrected chi connectivity index (χ1v) is 7.85. The smallest absolute Gasteiger partial charge is 0.340 e. The molecule has 2 aromatic carbocycles. The molecule has 0 saturated carbocycles. The van der Waals surface area contributed by atoms with Crippen LogP contribution in [0.15, 0.2) is 36.4 Å². The van der Waals surface area contributed by atoms with Crippen LogP contribution < -0.4 is 0 Å². The number of ether oxygens (including phenoxy) is 1. The average Bonchev–Trinajstić information content (AvgIpc) is 2.56. The summed E-state index contributed by atoms with van der Waals surface area (Å²) in [6, 6.07) is 8.65. The SMILES string of the molecule is Cc1ccc(C(=O)[C@@H](C)OC(=O)c2cc([N+](=O)[O-])ccc2Cl)cc1C. The van der Waals surface area contributed by atoms with Crippen molar-refractivity contribution in [3.63, 3.8) is 0 Å². The molecule has 0 amide bonds. The van der Waals surface area contributed by atoms with Crippen LogP contribution in [0.25, 0.3) is 0 Å². The molecule has 2 rings (SSSR count). The number of nitro benzene ring substituents is 1. The van der Waals surface area contributed by atoms with Gasteiger partial charge in [-0.25, -0.2) is 4.79 Å². The molecular weight excluding hydrogens is 346 g/mol. The summed E-state index contributed by atoms with van der Waals surface area (Å²) in [5, 5.41) is 10.8. The molecule has 0 bridgehead atoms. The summed E-state index contributed by atoms with van der Waals surface area (Å²) in [5.41, 5.74) is 1.98. The monoisotopic (exact) mass is 361 g/mol. The number of nitro groups is 1. The van der Waals surface area contributed by atoms with Gasteiger partial charge in [-0.1, -0.05) is 23.7 Å². The first-order chi connectivity index (χ1) is 11.7. The molecule has 2 aromatic rings. The number of non-ortho nitro benzene ring substituents is 1. The summed E-state index contributed by atoms with van der Waals surface area (Å²) < 4.78 is 5.14. The van der Waals surface area contributed by atoms with Crippen molar-refractivity contribution < 1.29 is 19.2 Å². The fraction of sp³-hybridized carbons (Fsp3) is 0.222. The predicted octanol–water partition coefficient (Wildman–Crippen LogP) is 4.29. The zero-order valence-corrected chi connectivity index (χ0v) is 14.7. The van der Waals surface area contributed by atoms with Crippen molar-refractivity contribution in [3.05, 3.63) is 73.8 Å². The van der Waals surface area contributed by atoms with Gasteiger partial charge >= 0.3 is 5.97 Å². The van der Waals surface area contributed by atoms with Gasteiger partial charge in [0, 0.05) is 17.7 Å². The van der Waals surface area contributed by atoms with Gasteiger partial charge in [-0.3, -0.25) is 14.9 Å². The van der Waals surface area contributed by atoms with Crippen molar-refractivity contribution >= 4 is 29.0 Å². The average molecular weight is 362 g/mol. The van der Waals surface area contributed by atoms with Gasteiger partial charge in [0.2, 0.25) is 5.78 Å². The fourth-order valence-electron chi connectivity index (χ4n) is 2.19. The van der Waals surface area contributed by atoms with Crippen molar-refractivity contribution in [2.75, 3.05) is 0 Å². The Labute approximate surface area is 149 Å². The maximum atomic E-state index is 12.4. The Bertz CT molecular complexity index is 863. The van der Waals surface area contributed by atoms with E-state index in [0.717, 1.165) is 17.2 Å². The van der Waals surface area contributed by atoms with Crippen LogP contribution in [0.1, 0.15) is 38.8 Å². The second-order valence-electron chi connectivity index (χ2n) is 5.63. The highest BCUT2D eigenvalue weighted by molar-refractivity contribution is 6.33. The minimum atomic E-state index is -1.05. The molecule has 6 nitrogen and oxygen atoms in total. The van der Waals surface area contributed by atoms with E-state index in [-0.39, 0.29) is 22.1 Å². The fourth-order valence-corrected chi connectivity index (χ4v) is 2.38. The number of hydrogen-bond acceptors (Lipinski definition) is 5. The van der Waals surface area contributed by atoms with Crippen LogP contribution in [0.2, 0.25) is 5.02 Å². The normalized spacial score (nSPS) is 11.7. The highest BCUT2D eigenvalue weighted by Gasteiger charge is 2.23. The molecule has 0 aliphatic carbocycles. The van der Waals surface area contributed by atoms with Crippen LogP contribution in [0.3, 0.4) is 0 Å². The Hall–Kier alpha value is -2.73. The standard InChI is InChI=1S/C18H16ClNO5/c1-10-4-5-13(8-11(10)2)17(21)12(3)25-18(22)15-9-14(20(23)24)6-7-16(15)19/h4-9,12H,1-3H3/t12-/m1/s1. The number of aryl methyl sites for hydroxylation is 2. The molecule has 1 atom stereocenters. The summed E-state index contributed by atoms with van der Waals surface area (Å²) in [6.07, 6.45) is -1.05. The van der Waals surface area contributed by atoms with Crippen LogP contribution in [0.4, 0.5) is 5.69 Å². The van der Waals surface area contributed by atoms with E-state index in [4.69, 9.17) is 16.3 Å². The minimum Gasteiger partial charge on any atom is -0.451 e. The molecule has 130 valence electrons. The van der Waals surface area contributed by atoms with Crippen LogP contribution in [-0.2, 0) is 4.74 Å². The summed E-state index contributed by atoms with van der Waals surface area (Å²) >= 11 is 5.91. The number of esters is 1. The number of ketones is 1. The highest BCUT2D eigenvalue weighted by atomic mass is 35.5. The van der Waals surface area contributed by atoms with E-state index in [1.54, 1.807) is 12.1 Å². The van der Waals surface area contributed by atoms with Gasteiger partial charge in [-0.2, -0.15) is 0 Å². The van der Waals surface area contributed by atoms with Gasteiger partial charge in [0.05, 0.1) is 15.5 Å². The minimum absolute atomic E-state index is 0.0152. The topological polar surface area (TPSA) is 86.5 Å². The third kappa shape index (κ3) is 4.22. The predicted molar refractivity (Wildman–Crippen MR) is 93.2 cm³/mol. The number of carbonyl (C=O) groups excluding carboxylic acids is 2. The molecule has 0 unspecified atom stereocenters. The lowest BCUT2D eigenvalue weighted by atomic mass is 10.0. The molecule has 0 radical (unpaired) electrons. The summed E-state index contributed by atoms with van der Waals surface area (Å²) in [5.74, 6) is -1.25. The van der Waals surface area contributed by atoms with E-state index in [1.807, 2.05) is 19.9 Å². The Kier molecular flexibility index (Phi) is 5.54. The van der Waals surface area contributed by atoms with Crippen molar-refractivity contribution in [3.8, 4) is 0 Å². The number of carbonyl (C=O) groups is 2. The molecule has 0 aromatic heterocycles. The third-order valence-corrected chi connectivity index (χ3v) is 4.15. The Balaban J connectivity index is 2.19. The quantitative estimate of drug-likeness (QED) is 0.343. The molecule has 0 aliphatic rings. The molecule has 0 heterocycles. The van der Waals surface area contributed by atoms with E-state index in [9.17, 15) is 19.7 Å². The van der Waals surface area contributed by atoms with Crippen LogP contribution in [-0.4, -0.2) is 22.8 Å². The molecule has 0 saturated heterocycles. The van der Waals surface area contributed by atoms with E-state index in [1.165, 1.54) is 19.1 Å². The molecular formula is C18H16ClNO5. The molecule has 0 spiro atoms. The first kappa shape index (κ1) is 18.6. The van der Waals surface area contributed by atoms with Crippen molar-refractivity contribution in [1.29, 1.82) is 0 Å². The molecule has 0 aliphatic heterocycles. The number of nitrogens with zero attached hydrogens (tertiary/aromatic N) is 1. The molecule has 0 fully saturated rings. The lowest BCUT2D eigenvalue weighted by molar-refractivity contribution is -0.384. The van der Waals surface area contributed by atoms with Crippen LogP contribution >= 0.6 is 11.6 Å². The number of halogens is 1. The molecule has 25 heavy (non-hydrogen) atoms. The Morgan fingerprint density at radius 1 is 1.12 bits per heavy atom. The number of benzene rings is 2.